The van der Waals surface area contributed by atoms with Gasteiger partial charge in [0.2, 0.25) is 0 Å². The van der Waals surface area contributed by atoms with Crippen LogP contribution in [0.1, 0.15) is 127 Å². The number of phenols is 4. The molecule has 0 radical (unpaired) electrons. The molecule has 4 N–H and O–H groups in total. The zero-order valence-electron chi connectivity index (χ0n) is 47.5. The Morgan fingerprint density at radius 3 is 1.25 bits per heavy atom. The summed E-state index contributed by atoms with van der Waals surface area (Å²) in [6.45, 7) is 10.3. The molecule has 1 aromatic heterocycles. The van der Waals surface area contributed by atoms with Gasteiger partial charge in [-0.25, -0.2) is 0 Å². The topological polar surface area (TPSA) is 162 Å². The van der Waals surface area contributed by atoms with Crippen molar-refractivity contribution in [3.63, 3.8) is 0 Å². The summed E-state index contributed by atoms with van der Waals surface area (Å²) in [6.07, 6.45) is 4.12. The van der Waals surface area contributed by atoms with E-state index in [1.54, 1.807) is 54.6 Å². The highest BCUT2D eigenvalue weighted by atomic mass is 127. The molecule has 0 amide bonds. The second-order valence-electron chi connectivity index (χ2n) is 21.5. The third-order valence-corrected chi connectivity index (χ3v) is 20.8. The lowest BCUT2D eigenvalue weighted by atomic mass is 9.95. The van der Waals surface area contributed by atoms with E-state index in [4.69, 9.17) is 4.42 Å². The van der Waals surface area contributed by atoms with Crippen molar-refractivity contribution in [2.45, 2.75) is 66.7 Å². The normalized spacial score (nSPS) is 12.9. The molecule has 0 atom stereocenters. The Kier molecular flexibility index (Phi) is 22.5. The van der Waals surface area contributed by atoms with E-state index in [-0.39, 0.29) is 46.1 Å². The van der Waals surface area contributed by atoms with E-state index in [9.17, 15) is 39.6 Å². The Bertz CT molecular complexity index is 4310. The first-order valence-electron chi connectivity index (χ1n) is 27.6. The number of aromatic hydroxyl groups is 4. The van der Waals surface area contributed by atoms with Crippen LogP contribution in [-0.4, -0.2) is 43.6 Å². The lowest BCUT2D eigenvalue weighted by Gasteiger charge is -2.09. The van der Waals surface area contributed by atoms with Gasteiger partial charge in [-0.15, -0.1) is 0 Å². The molecule has 87 heavy (non-hydrogen) atoms. The predicted octanol–water partition coefficient (Wildman–Crippen LogP) is 20.0. The van der Waals surface area contributed by atoms with Crippen LogP contribution in [0.15, 0.2) is 173 Å². The van der Waals surface area contributed by atoms with Crippen molar-refractivity contribution in [2.75, 3.05) is 0 Å². The summed E-state index contributed by atoms with van der Waals surface area (Å²) in [5.41, 5.74) is 16.5. The lowest BCUT2D eigenvalue weighted by Crippen LogP contribution is -2.06. The lowest BCUT2D eigenvalue weighted by molar-refractivity contribution is 0.103. The number of rotatable bonds is 11. The van der Waals surface area contributed by atoms with E-state index in [0.29, 0.717) is 65.1 Å². The minimum atomic E-state index is -0.0635. The Hall–Kier alpha value is -4.49. The molecule has 9 nitrogen and oxygen atoms in total. The maximum Gasteiger partial charge on any atom is 0.197 e. The Morgan fingerprint density at radius 2 is 0.816 bits per heavy atom. The van der Waals surface area contributed by atoms with E-state index in [1.165, 1.54) is 22.3 Å². The van der Waals surface area contributed by atoms with Gasteiger partial charge in [-0.3, -0.25) is 19.2 Å². The van der Waals surface area contributed by atoms with Crippen molar-refractivity contribution in [1.29, 1.82) is 0 Å². The number of carbonyl (C=O) groups is 4. The zero-order valence-corrected chi connectivity index (χ0v) is 62.6. The minimum Gasteiger partial charge on any atom is -0.507 e. The second-order valence-corrected chi connectivity index (χ2v) is 29.6. The third kappa shape index (κ3) is 14.8. The SMILES string of the molecule is CC(C)Cc1oc2ccccc2c1C(=O)c1cc(I)c(O)c(I)c1.CC1=C(C(=O)c2cc(I)c(O)c(I)c2)c2ccccc2C1.CC1=C(C(=O)c2ccc(O)c(I)c2)c2ccccc2C1.CCC1=C(C(=O)c2cc(I)c(O)c(I)c2)c2ccccc2C1. The molecule has 3 aliphatic rings. The fourth-order valence-electron chi connectivity index (χ4n) is 10.9. The van der Waals surface area contributed by atoms with E-state index >= 15 is 0 Å². The quantitative estimate of drug-likeness (QED) is 0.0729. The molecule has 0 spiro atoms. The standard InChI is InChI=1S/C19H16I2O3.C18H14I2O2.C17H12I2O2.C17H13IO2/c1-10(2)7-16-17(12-5-3-4-6-15(12)24-16)18(22)11-8-13(20)19(23)14(21)9-11;1-2-10-7-11-5-3-4-6-13(11)16(10)17(21)12-8-14(19)18(22)15(20)9-12;1-9-6-10-4-2-3-5-12(10)15(9)16(20)11-7-13(18)17(21)14(19)8-11;1-10-8-11-4-2-3-5-13(11)16(10)17(20)12-6-7-15(19)14(18)9-12/h3-6,8-10,23H,7H2,1-2H3;3-6,8-9,22H,2,7H2,1H3;2-5,7-8,21H,6H2,1H3;2-7,9,19H,8H2,1H3. The van der Waals surface area contributed by atoms with E-state index in [1.807, 2.05) is 160 Å². The minimum absolute atomic E-state index is 0.0327. The molecule has 16 heteroatoms. The van der Waals surface area contributed by atoms with Gasteiger partial charge in [0.1, 0.15) is 34.3 Å². The van der Waals surface area contributed by atoms with Crippen molar-refractivity contribution in [3.8, 4) is 23.0 Å². The molecule has 0 saturated heterocycles. The molecule has 0 unspecified atom stereocenters. The van der Waals surface area contributed by atoms with Gasteiger partial charge in [-0.05, 0) is 298 Å². The van der Waals surface area contributed by atoms with Crippen LogP contribution in [0, 0.1) is 30.9 Å². The summed E-state index contributed by atoms with van der Waals surface area (Å²) in [5.74, 6) is 2.08. The van der Waals surface area contributed by atoms with Gasteiger partial charge in [0.05, 0.1) is 30.6 Å². The van der Waals surface area contributed by atoms with Gasteiger partial charge in [0.25, 0.3) is 0 Å². The molecule has 0 fully saturated rings. The van der Waals surface area contributed by atoms with Crippen LogP contribution in [0.25, 0.3) is 27.7 Å². The Labute approximate surface area is 601 Å². The van der Waals surface area contributed by atoms with Gasteiger partial charge in [-0.2, -0.15) is 0 Å². The molecule has 8 aromatic carbocycles. The van der Waals surface area contributed by atoms with Crippen LogP contribution < -0.4 is 0 Å². The number of hydrogen-bond acceptors (Lipinski definition) is 9. The monoisotopic (exact) mass is 1940 g/mol. The van der Waals surface area contributed by atoms with Gasteiger partial charge in [0, 0.05) is 50.8 Å². The molecule has 9 aromatic rings. The van der Waals surface area contributed by atoms with Crippen molar-refractivity contribution in [3.05, 3.63) is 260 Å². The van der Waals surface area contributed by atoms with Crippen molar-refractivity contribution < 1.29 is 44.0 Å². The maximum absolute atomic E-state index is 13.2. The second kappa shape index (κ2) is 29.2. The number of phenolic OH excluding ortho intramolecular Hbond substituents is 4. The summed E-state index contributed by atoms with van der Waals surface area (Å²) >= 11 is 14.4. The molecule has 0 saturated carbocycles. The number of fused-ring (bicyclic) bond motifs is 4. The number of allylic oxidation sites excluding steroid dienone is 6. The molecule has 442 valence electrons. The molecule has 0 aliphatic heterocycles. The number of carbonyl (C=O) groups excluding carboxylic acids is 4. The summed E-state index contributed by atoms with van der Waals surface area (Å²) in [5, 5.41) is 40.1. The van der Waals surface area contributed by atoms with E-state index in [2.05, 4.69) is 129 Å². The highest BCUT2D eigenvalue weighted by molar-refractivity contribution is 14.1. The largest absolute Gasteiger partial charge is 0.507 e. The number of benzene rings is 8. The smallest absolute Gasteiger partial charge is 0.197 e. The van der Waals surface area contributed by atoms with Crippen molar-refractivity contribution in [2.24, 2.45) is 5.92 Å². The Balaban J connectivity index is 0.000000139. The number of para-hydroxylation sites is 1. The zero-order chi connectivity index (χ0) is 62.7. The maximum atomic E-state index is 13.2. The van der Waals surface area contributed by atoms with E-state index in [0.717, 1.165) is 87.0 Å². The van der Waals surface area contributed by atoms with Gasteiger partial charge in [0.15, 0.2) is 23.1 Å². The van der Waals surface area contributed by atoms with E-state index < -0.39 is 0 Å². The van der Waals surface area contributed by atoms with Crippen molar-refractivity contribution >= 4 is 209 Å². The number of hydrogen-bond donors (Lipinski definition) is 4. The number of furan rings is 1. The third-order valence-electron chi connectivity index (χ3n) is 15.0. The average molecular weight is 1940 g/mol. The highest BCUT2D eigenvalue weighted by Crippen LogP contribution is 2.41. The van der Waals surface area contributed by atoms with Crippen LogP contribution in [-0.2, 0) is 25.7 Å². The molecule has 3 aliphatic carbocycles. The first-order valence-corrected chi connectivity index (χ1v) is 35.1. The molecular weight excluding hydrogens is 1890 g/mol. The van der Waals surface area contributed by atoms with Crippen LogP contribution in [0.3, 0.4) is 0 Å². The molecule has 12 rings (SSSR count). The number of halogens is 7. The van der Waals surface area contributed by atoms with Crippen LogP contribution in [0.4, 0.5) is 0 Å². The Morgan fingerprint density at radius 1 is 0.448 bits per heavy atom. The van der Waals surface area contributed by atoms with Gasteiger partial charge in [-0.1, -0.05) is 128 Å². The molecule has 0 bridgehead atoms. The summed E-state index contributed by atoms with van der Waals surface area (Å²) < 4.78 is 10.8. The van der Waals surface area contributed by atoms with Crippen LogP contribution in [0.5, 0.6) is 23.0 Å². The number of ketones is 4. The fourth-order valence-corrected chi connectivity index (χ4v) is 16.7. The van der Waals surface area contributed by atoms with Gasteiger partial charge >= 0.3 is 0 Å². The first kappa shape index (κ1) is 66.9. The molecular formula is C71H55I7O9. The highest BCUT2D eigenvalue weighted by Gasteiger charge is 2.30. The first-order chi connectivity index (χ1) is 41.5. The van der Waals surface area contributed by atoms with Crippen molar-refractivity contribution in [1.82, 2.24) is 0 Å². The fraction of sp³-hybridized carbons (Fsp3) is 0.155. The summed E-state index contributed by atoms with van der Waals surface area (Å²) in [6, 6.07) is 47.3. The predicted molar refractivity (Wildman–Crippen MR) is 405 cm³/mol. The average Bonchev–Trinajstić information content (AvgIpc) is 1.91. The molecule has 1 heterocycles. The summed E-state index contributed by atoms with van der Waals surface area (Å²) in [7, 11) is 0. The summed E-state index contributed by atoms with van der Waals surface area (Å²) in [4.78, 5) is 51.9. The number of Topliss-reactive ketones (excluding diaryl/α,β-unsaturated/α-hetero) is 3. The van der Waals surface area contributed by atoms with Crippen LogP contribution in [0.2, 0.25) is 0 Å². The van der Waals surface area contributed by atoms with Crippen LogP contribution >= 0.6 is 158 Å². The van der Waals surface area contributed by atoms with Gasteiger partial charge < -0.3 is 24.8 Å².